The van der Waals surface area contributed by atoms with Crippen molar-refractivity contribution < 1.29 is 9.59 Å². The molecule has 0 atom stereocenters. The van der Waals surface area contributed by atoms with E-state index < -0.39 is 11.7 Å². The molecule has 36 heavy (non-hydrogen) atoms. The summed E-state index contributed by atoms with van der Waals surface area (Å²) in [6, 6.07) is 18.3. The van der Waals surface area contributed by atoms with E-state index in [1.165, 1.54) is 30.2 Å². The van der Waals surface area contributed by atoms with Crippen molar-refractivity contribution in [1.82, 2.24) is 19.4 Å². The first-order valence-corrected chi connectivity index (χ1v) is 12.8. The number of likely N-dealkylation sites (tertiary alicyclic amines) is 1. The van der Waals surface area contributed by atoms with Gasteiger partial charge in [-0.25, -0.2) is 0 Å². The zero-order valence-corrected chi connectivity index (χ0v) is 22.1. The summed E-state index contributed by atoms with van der Waals surface area (Å²) in [6.45, 7) is 9.53. The van der Waals surface area contributed by atoms with Crippen LogP contribution in [0.25, 0.3) is 21.8 Å². The highest BCUT2D eigenvalue weighted by Gasteiger charge is 2.21. The molecule has 1 fully saturated rings. The number of nitrogens with one attached hydrogen (secondary N) is 1. The Labute approximate surface area is 219 Å². The minimum Gasteiger partial charge on any atom is -0.348 e. The number of fused-ring (bicyclic) bond motifs is 2. The molecule has 4 aromatic rings. The van der Waals surface area contributed by atoms with Crippen molar-refractivity contribution >= 4 is 45.9 Å². The van der Waals surface area contributed by atoms with E-state index in [9.17, 15) is 9.59 Å². The summed E-state index contributed by atoms with van der Waals surface area (Å²) in [6.07, 6.45) is 7.66. The van der Waals surface area contributed by atoms with Crippen molar-refractivity contribution in [3.8, 4) is 0 Å². The maximum absolute atomic E-state index is 12.5. The molecule has 1 aliphatic heterocycles. The van der Waals surface area contributed by atoms with Crippen molar-refractivity contribution in [3.05, 3.63) is 72.6 Å². The van der Waals surface area contributed by atoms with Crippen molar-refractivity contribution in [1.29, 1.82) is 0 Å². The summed E-state index contributed by atoms with van der Waals surface area (Å²) in [7, 11) is 0. The average Bonchev–Trinajstić information content (AvgIpc) is 3.50. The van der Waals surface area contributed by atoms with Crippen molar-refractivity contribution in [3.63, 3.8) is 0 Å². The number of nitrogens with zero attached hydrogens (tertiary/aromatic N) is 3. The average molecular weight is 509 g/mol. The van der Waals surface area contributed by atoms with Gasteiger partial charge in [0.25, 0.3) is 11.7 Å². The molecule has 1 N–H and O–H groups in total. The van der Waals surface area contributed by atoms with Gasteiger partial charge in [-0.15, -0.1) is 12.4 Å². The van der Waals surface area contributed by atoms with Gasteiger partial charge in [-0.2, -0.15) is 0 Å². The van der Waals surface area contributed by atoms with Crippen molar-refractivity contribution in [2.45, 2.75) is 46.2 Å². The molecular weight excluding hydrogens is 472 g/mol. The van der Waals surface area contributed by atoms with Crippen LogP contribution in [0, 0.1) is 0 Å². The van der Waals surface area contributed by atoms with E-state index in [0.717, 1.165) is 43.6 Å². The summed E-state index contributed by atoms with van der Waals surface area (Å²) in [4.78, 5) is 27.1. The number of halogens is 1. The minimum atomic E-state index is -0.508. The second kappa shape index (κ2) is 13.3. The number of rotatable bonds is 7. The number of benzene rings is 2. The molecule has 7 heteroatoms. The van der Waals surface area contributed by atoms with Crippen LogP contribution in [0.1, 0.15) is 43.5 Å². The highest BCUT2D eigenvalue weighted by atomic mass is 35.5. The van der Waals surface area contributed by atoms with Crippen LogP contribution in [0.5, 0.6) is 0 Å². The molecule has 0 unspecified atom stereocenters. The third-order valence-electron chi connectivity index (χ3n) is 6.76. The number of amides is 1. The van der Waals surface area contributed by atoms with Crippen LogP contribution < -0.4 is 5.32 Å². The van der Waals surface area contributed by atoms with Crippen LogP contribution >= 0.6 is 12.4 Å². The predicted molar refractivity (Wildman–Crippen MR) is 150 cm³/mol. The lowest BCUT2D eigenvalue weighted by Crippen LogP contribution is -2.39. The largest absolute Gasteiger partial charge is 0.348 e. The Kier molecular flexibility index (Phi) is 10.1. The molecule has 192 valence electrons. The van der Waals surface area contributed by atoms with Crippen LogP contribution in [0.2, 0.25) is 0 Å². The Morgan fingerprint density at radius 1 is 0.833 bits per heavy atom. The molecule has 5 rings (SSSR count). The van der Waals surface area contributed by atoms with Crippen LogP contribution in [0.4, 0.5) is 0 Å². The van der Waals surface area contributed by atoms with Crippen LogP contribution in [0.3, 0.4) is 0 Å². The molecule has 2 aromatic carbocycles. The second-order valence-electron chi connectivity index (χ2n) is 8.99. The van der Waals surface area contributed by atoms with E-state index >= 15 is 0 Å². The van der Waals surface area contributed by atoms with E-state index in [1.807, 2.05) is 35.8 Å². The number of piperidine rings is 1. The van der Waals surface area contributed by atoms with Crippen LogP contribution in [-0.4, -0.2) is 51.9 Å². The summed E-state index contributed by atoms with van der Waals surface area (Å²) < 4.78 is 4.25. The summed E-state index contributed by atoms with van der Waals surface area (Å²) in [5.74, 6) is -0.956. The maximum atomic E-state index is 12.5. The van der Waals surface area contributed by atoms with Crippen LogP contribution in [0.15, 0.2) is 67.0 Å². The number of hydrogen-bond acceptors (Lipinski definition) is 3. The smallest absolute Gasteiger partial charge is 0.292 e. The topological polar surface area (TPSA) is 59.3 Å². The third kappa shape index (κ3) is 6.37. The number of para-hydroxylation sites is 2. The Morgan fingerprint density at radius 2 is 1.50 bits per heavy atom. The molecule has 2 aromatic heterocycles. The Bertz CT molecular complexity index is 1290. The first kappa shape index (κ1) is 27.5. The quantitative estimate of drug-likeness (QED) is 0.264. The molecule has 0 spiro atoms. The van der Waals surface area contributed by atoms with Gasteiger partial charge in [-0.3, -0.25) is 9.59 Å². The molecule has 0 radical (unpaired) electrons. The highest BCUT2D eigenvalue weighted by Crippen LogP contribution is 2.22. The number of carbonyl (C=O) groups is 2. The normalized spacial score (nSPS) is 13.6. The van der Waals surface area contributed by atoms with Gasteiger partial charge in [-0.1, -0.05) is 42.8 Å². The van der Waals surface area contributed by atoms with Gasteiger partial charge in [0.2, 0.25) is 0 Å². The van der Waals surface area contributed by atoms with Crippen molar-refractivity contribution in [2.24, 2.45) is 0 Å². The lowest BCUT2D eigenvalue weighted by atomic mass is 10.1. The summed E-state index contributed by atoms with van der Waals surface area (Å²) in [5.41, 5.74) is 2.81. The van der Waals surface area contributed by atoms with E-state index in [0.29, 0.717) is 12.1 Å². The van der Waals surface area contributed by atoms with Gasteiger partial charge in [0.1, 0.15) is 0 Å². The number of Topliss-reactive ketones (excluding diaryl/α,β-unsaturated/α-hetero) is 1. The number of aryl methyl sites for hydroxylation is 2. The zero-order valence-electron chi connectivity index (χ0n) is 21.3. The van der Waals surface area contributed by atoms with E-state index in [4.69, 9.17) is 0 Å². The van der Waals surface area contributed by atoms with E-state index in [1.54, 1.807) is 6.20 Å². The predicted octanol–water partition coefficient (Wildman–Crippen LogP) is 5.53. The molecule has 6 nitrogen and oxygen atoms in total. The number of carbonyl (C=O) groups excluding carboxylic acids is 2. The van der Waals surface area contributed by atoms with Gasteiger partial charge in [-0.05, 0) is 63.4 Å². The lowest BCUT2D eigenvalue weighted by molar-refractivity contribution is -0.117. The van der Waals surface area contributed by atoms with Crippen molar-refractivity contribution in [2.75, 3.05) is 26.2 Å². The van der Waals surface area contributed by atoms with Gasteiger partial charge < -0.3 is 19.4 Å². The fraction of sp³-hybridized carbons (Fsp3) is 0.379. The third-order valence-corrected chi connectivity index (χ3v) is 6.76. The minimum absolute atomic E-state index is 0. The Hall–Kier alpha value is -3.09. The van der Waals surface area contributed by atoms with Gasteiger partial charge in [0.05, 0.1) is 5.56 Å². The fourth-order valence-corrected chi connectivity index (χ4v) is 4.82. The molecule has 1 amide bonds. The first-order chi connectivity index (χ1) is 17.1. The van der Waals surface area contributed by atoms with Gasteiger partial charge >= 0.3 is 0 Å². The zero-order chi connectivity index (χ0) is 24.6. The van der Waals surface area contributed by atoms with E-state index in [-0.39, 0.29) is 12.4 Å². The Balaban J connectivity index is 0.000000251. The molecule has 0 aliphatic carbocycles. The maximum Gasteiger partial charge on any atom is 0.292 e. The number of aromatic nitrogens is 2. The molecule has 3 heterocycles. The fourth-order valence-electron chi connectivity index (χ4n) is 4.82. The first-order valence-electron chi connectivity index (χ1n) is 12.8. The monoisotopic (exact) mass is 508 g/mol. The van der Waals surface area contributed by atoms with Gasteiger partial charge in [0, 0.05) is 55.0 Å². The highest BCUT2D eigenvalue weighted by molar-refractivity contribution is 6.45. The summed E-state index contributed by atoms with van der Waals surface area (Å²) in [5, 5.41) is 4.95. The number of hydrogen-bond donors (Lipinski definition) is 1. The van der Waals surface area contributed by atoms with Crippen LogP contribution in [-0.2, 0) is 17.9 Å². The molecule has 0 saturated carbocycles. The lowest BCUT2D eigenvalue weighted by Gasteiger charge is -2.26. The second-order valence-corrected chi connectivity index (χ2v) is 8.99. The molecule has 1 saturated heterocycles. The standard InChI is InChI=1S/C19H25N3O2.C10H11N.ClH/c1-2-22-14-16(15-8-4-5-9-17(15)22)18(23)19(24)20-10-13-21-11-6-3-7-12-21;1-2-11-8-7-9-5-3-4-6-10(9)11;/h4-5,8-9,14H,2-3,6-7,10-13H2,1H3,(H,20,24);3-8H,2H2,1H3;1H. The summed E-state index contributed by atoms with van der Waals surface area (Å²) >= 11 is 0. The SMILES string of the molecule is CCn1cc(C(=O)C(=O)NCCN2CCCCC2)c2ccccc21.CCn1ccc2ccccc21.Cl. The van der Waals surface area contributed by atoms with Gasteiger partial charge in [0.15, 0.2) is 0 Å². The molecule has 1 aliphatic rings. The van der Waals surface area contributed by atoms with E-state index in [2.05, 4.69) is 58.2 Å². The number of ketones is 1. The molecular formula is C29H37ClN4O2. The molecule has 0 bridgehead atoms. The Morgan fingerprint density at radius 3 is 2.22 bits per heavy atom.